The largest absolute Gasteiger partial charge is 0.493 e. The minimum absolute atomic E-state index is 0.710. The van der Waals surface area contributed by atoms with Gasteiger partial charge in [0.2, 0.25) is 0 Å². The summed E-state index contributed by atoms with van der Waals surface area (Å²) < 4.78 is 10.7. The van der Waals surface area contributed by atoms with Crippen LogP contribution in [0.4, 0.5) is 5.69 Å². The van der Waals surface area contributed by atoms with Gasteiger partial charge in [-0.3, -0.25) is 4.98 Å². The molecular formula is C16H20N2O2S. The van der Waals surface area contributed by atoms with Gasteiger partial charge in [-0.15, -0.1) is 11.8 Å². The number of pyridine rings is 1. The van der Waals surface area contributed by atoms with Crippen LogP contribution in [0.3, 0.4) is 0 Å². The van der Waals surface area contributed by atoms with E-state index in [0.29, 0.717) is 6.54 Å². The number of anilines is 1. The number of rotatable bonds is 6. The van der Waals surface area contributed by atoms with Gasteiger partial charge in [-0.1, -0.05) is 0 Å². The molecule has 1 aromatic carbocycles. The molecule has 0 aliphatic carbocycles. The maximum Gasteiger partial charge on any atom is 0.161 e. The van der Waals surface area contributed by atoms with Crippen molar-refractivity contribution in [2.24, 2.45) is 0 Å². The fraction of sp³-hybridized carbons (Fsp3) is 0.312. The van der Waals surface area contributed by atoms with Crippen LogP contribution >= 0.6 is 11.8 Å². The molecule has 0 saturated heterocycles. The molecule has 0 radical (unpaired) electrons. The number of benzene rings is 1. The Labute approximate surface area is 129 Å². The SMILES string of the molecule is COc1cc(CNc2ccc(C)nc2)c(SC)cc1OC. The van der Waals surface area contributed by atoms with Gasteiger partial charge in [-0.25, -0.2) is 0 Å². The fourth-order valence-electron chi connectivity index (χ4n) is 2.00. The first-order chi connectivity index (χ1) is 10.2. The van der Waals surface area contributed by atoms with Crippen molar-refractivity contribution in [3.63, 3.8) is 0 Å². The number of nitrogens with zero attached hydrogens (tertiary/aromatic N) is 1. The molecule has 0 fully saturated rings. The molecule has 4 nitrogen and oxygen atoms in total. The molecule has 21 heavy (non-hydrogen) atoms. The number of hydrogen-bond acceptors (Lipinski definition) is 5. The lowest BCUT2D eigenvalue weighted by Crippen LogP contribution is -2.03. The molecule has 1 aromatic heterocycles. The van der Waals surface area contributed by atoms with Gasteiger partial charge in [-0.05, 0) is 43.0 Å². The van der Waals surface area contributed by atoms with Crippen LogP contribution in [-0.2, 0) is 6.54 Å². The Hall–Kier alpha value is -1.88. The second-order valence-electron chi connectivity index (χ2n) is 4.56. The minimum atomic E-state index is 0.710. The van der Waals surface area contributed by atoms with E-state index in [-0.39, 0.29) is 0 Å². The lowest BCUT2D eigenvalue weighted by atomic mass is 10.2. The summed E-state index contributed by atoms with van der Waals surface area (Å²) in [7, 11) is 3.30. The molecule has 1 heterocycles. The van der Waals surface area contributed by atoms with E-state index >= 15 is 0 Å². The first kappa shape index (κ1) is 15.5. The normalized spacial score (nSPS) is 10.3. The second-order valence-corrected chi connectivity index (χ2v) is 5.41. The number of methoxy groups -OCH3 is 2. The van der Waals surface area contributed by atoms with Gasteiger partial charge in [0, 0.05) is 17.1 Å². The second kappa shape index (κ2) is 7.22. The maximum atomic E-state index is 5.37. The number of aromatic nitrogens is 1. The van der Waals surface area contributed by atoms with Crippen LogP contribution in [0.15, 0.2) is 35.4 Å². The Morgan fingerprint density at radius 3 is 2.43 bits per heavy atom. The van der Waals surface area contributed by atoms with Crippen LogP contribution in [0.1, 0.15) is 11.3 Å². The first-order valence-corrected chi connectivity index (χ1v) is 7.85. The van der Waals surface area contributed by atoms with E-state index in [1.165, 1.54) is 10.5 Å². The Bertz CT molecular complexity index is 600. The van der Waals surface area contributed by atoms with E-state index in [9.17, 15) is 0 Å². The average molecular weight is 304 g/mol. The molecule has 0 bridgehead atoms. The van der Waals surface area contributed by atoms with Crippen molar-refractivity contribution in [3.05, 3.63) is 41.7 Å². The van der Waals surface area contributed by atoms with Crippen LogP contribution in [0.5, 0.6) is 11.5 Å². The molecule has 0 spiro atoms. The van der Waals surface area contributed by atoms with Crippen LogP contribution in [0, 0.1) is 6.92 Å². The third kappa shape index (κ3) is 3.82. The van der Waals surface area contributed by atoms with Gasteiger partial charge in [0.05, 0.1) is 26.1 Å². The Morgan fingerprint density at radius 2 is 1.86 bits per heavy atom. The molecule has 0 aliphatic heterocycles. The Kier molecular flexibility index (Phi) is 5.33. The zero-order valence-electron chi connectivity index (χ0n) is 12.8. The lowest BCUT2D eigenvalue weighted by Gasteiger charge is -2.14. The van der Waals surface area contributed by atoms with Crippen LogP contribution in [0.2, 0.25) is 0 Å². The minimum Gasteiger partial charge on any atom is -0.493 e. The molecule has 112 valence electrons. The molecular weight excluding hydrogens is 284 g/mol. The number of hydrogen-bond donors (Lipinski definition) is 1. The zero-order valence-corrected chi connectivity index (χ0v) is 13.6. The number of aryl methyl sites for hydroxylation is 1. The number of thioether (sulfide) groups is 1. The van der Waals surface area contributed by atoms with Crippen molar-refractivity contribution in [2.75, 3.05) is 25.8 Å². The molecule has 0 unspecified atom stereocenters. The average Bonchev–Trinajstić information content (AvgIpc) is 2.53. The van der Waals surface area contributed by atoms with E-state index in [4.69, 9.17) is 9.47 Å². The molecule has 5 heteroatoms. The van der Waals surface area contributed by atoms with Crippen molar-refractivity contribution in [2.45, 2.75) is 18.4 Å². The summed E-state index contributed by atoms with van der Waals surface area (Å²) in [5.74, 6) is 1.50. The Balaban J connectivity index is 2.20. The van der Waals surface area contributed by atoms with Crippen molar-refractivity contribution in [1.82, 2.24) is 4.98 Å². The van der Waals surface area contributed by atoms with Crippen molar-refractivity contribution in [1.29, 1.82) is 0 Å². The topological polar surface area (TPSA) is 43.4 Å². The van der Waals surface area contributed by atoms with E-state index in [1.54, 1.807) is 26.0 Å². The predicted octanol–water partition coefficient (Wildman–Crippen LogP) is 3.74. The highest BCUT2D eigenvalue weighted by Crippen LogP contribution is 2.34. The number of ether oxygens (including phenoxy) is 2. The fourth-order valence-corrected chi connectivity index (χ4v) is 2.62. The summed E-state index contributed by atoms with van der Waals surface area (Å²) in [6.07, 6.45) is 3.90. The van der Waals surface area contributed by atoms with Gasteiger partial charge in [0.25, 0.3) is 0 Å². The van der Waals surface area contributed by atoms with Crippen molar-refractivity contribution >= 4 is 17.4 Å². The quantitative estimate of drug-likeness (QED) is 0.824. The molecule has 2 aromatic rings. The summed E-state index contributed by atoms with van der Waals surface area (Å²) in [5, 5.41) is 3.38. The lowest BCUT2D eigenvalue weighted by molar-refractivity contribution is 0.353. The van der Waals surface area contributed by atoms with Crippen LogP contribution < -0.4 is 14.8 Å². The standard InChI is InChI=1S/C16H20N2O2S/c1-11-5-6-13(10-17-11)18-9-12-7-14(19-2)15(20-3)8-16(12)21-4/h5-8,10,18H,9H2,1-4H3. The van der Waals surface area contributed by atoms with E-state index < -0.39 is 0 Å². The van der Waals surface area contributed by atoms with Gasteiger partial charge in [0.1, 0.15) is 0 Å². The third-order valence-electron chi connectivity index (χ3n) is 3.18. The smallest absolute Gasteiger partial charge is 0.161 e. The number of nitrogens with one attached hydrogen (secondary N) is 1. The van der Waals surface area contributed by atoms with E-state index in [0.717, 1.165) is 22.9 Å². The van der Waals surface area contributed by atoms with E-state index in [1.807, 2.05) is 37.4 Å². The summed E-state index contributed by atoms with van der Waals surface area (Å²) in [4.78, 5) is 5.45. The van der Waals surface area contributed by atoms with Gasteiger partial charge in [-0.2, -0.15) is 0 Å². The van der Waals surface area contributed by atoms with Crippen LogP contribution in [-0.4, -0.2) is 25.5 Å². The highest BCUT2D eigenvalue weighted by Gasteiger charge is 2.10. The molecule has 2 rings (SSSR count). The van der Waals surface area contributed by atoms with Gasteiger partial charge < -0.3 is 14.8 Å². The molecule has 0 atom stereocenters. The first-order valence-electron chi connectivity index (χ1n) is 6.63. The monoisotopic (exact) mass is 304 g/mol. The molecule has 0 saturated carbocycles. The Morgan fingerprint density at radius 1 is 1.14 bits per heavy atom. The van der Waals surface area contributed by atoms with E-state index in [2.05, 4.69) is 16.6 Å². The van der Waals surface area contributed by atoms with Gasteiger partial charge >= 0.3 is 0 Å². The highest BCUT2D eigenvalue weighted by molar-refractivity contribution is 7.98. The summed E-state index contributed by atoms with van der Waals surface area (Å²) >= 11 is 1.69. The van der Waals surface area contributed by atoms with Crippen LogP contribution in [0.25, 0.3) is 0 Å². The maximum absolute atomic E-state index is 5.37. The van der Waals surface area contributed by atoms with Gasteiger partial charge in [0.15, 0.2) is 11.5 Å². The molecule has 0 amide bonds. The summed E-state index contributed by atoms with van der Waals surface area (Å²) in [6, 6.07) is 8.04. The summed E-state index contributed by atoms with van der Waals surface area (Å²) in [6.45, 7) is 2.69. The van der Waals surface area contributed by atoms with Crippen molar-refractivity contribution in [3.8, 4) is 11.5 Å². The third-order valence-corrected chi connectivity index (χ3v) is 4.00. The summed E-state index contributed by atoms with van der Waals surface area (Å²) in [5.41, 5.74) is 3.18. The highest BCUT2D eigenvalue weighted by atomic mass is 32.2. The van der Waals surface area contributed by atoms with Crippen molar-refractivity contribution < 1.29 is 9.47 Å². The zero-order chi connectivity index (χ0) is 15.2. The molecule has 0 aliphatic rings. The molecule has 1 N–H and O–H groups in total. The predicted molar refractivity (Wildman–Crippen MR) is 87.6 cm³/mol.